The van der Waals surface area contributed by atoms with Crippen LogP contribution in [-0.4, -0.2) is 70.3 Å². The lowest BCUT2D eigenvalue weighted by Crippen LogP contribution is -2.40. The number of ether oxygens (including phenoxy) is 1. The number of carbonyl (C=O) groups excluding carboxylic acids is 1. The van der Waals surface area contributed by atoms with E-state index in [9.17, 15) is 4.79 Å². The Morgan fingerprint density at radius 3 is 2.71 bits per heavy atom. The maximum absolute atomic E-state index is 12.6. The molecule has 1 aromatic rings. The molecule has 7 heteroatoms. The van der Waals surface area contributed by atoms with Crippen molar-refractivity contribution < 1.29 is 9.53 Å². The first-order chi connectivity index (χ1) is 10.1. The number of rotatable bonds is 6. The molecule has 7 nitrogen and oxygen atoms in total. The number of hydrogen-bond donors (Lipinski definition) is 1. The normalized spacial score (nSPS) is 22.2. The molecule has 1 saturated heterocycles. The number of likely N-dealkylation sites (tertiary alicyclic amines) is 1. The Balaban J connectivity index is 2.12. The summed E-state index contributed by atoms with van der Waals surface area (Å²) >= 11 is 0. The van der Waals surface area contributed by atoms with Gasteiger partial charge in [-0.3, -0.25) is 14.8 Å². The van der Waals surface area contributed by atoms with E-state index in [2.05, 4.69) is 33.9 Å². The highest BCUT2D eigenvalue weighted by atomic mass is 16.5. The minimum Gasteiger partial charge on any atom is -0.380 e. The van der Waals surface area contributed by atoms with Gasteiger partial charge in [0.25, 0.3) is 0 Å². The van der Waals surface area contributed by atoms with Crippen LogP contribution in [0.4, 0.5) is 0 Å². The molecule has 0 saturated carbocycles. The minimum absolute atomic E-state index is 0.0504. The largest absolute Gasteiger partial charge is 0.380 e. The van der Waals surface area contributed by atoms with E-state index < -0.39 is 0 Å². The van der Waals surface area contributed by atoms with E-state index in [0.717, 1.165) is 25.3 Å². The van der Waals surface area contributed by atoms with E-state index in [-0.39, 0.29) is 18.1 Å². The van der Waals surface area contributed by atoms with Gasteiger partial charge in [-0.25, -0.2) is 4.98 Å². The number of aromatic nitrogens is 3. The Hall–Kier alpha value is -1.47. The molecule has 1 N–H and O–H groups in total. The van der Waals surface area contributed by atoms with Gasteiger partial charge in [0.15, 0.2) is 5.82 Å². The molecule has 0 aliphatic carbocycles. The Morgan fingerprint density at radius 2 is 2.19 bits per heavy atom. The van der Waals surface area contributed by atoms with Crippen molar-refractivity contribution in [2.75, 3.05) is 33.3 Å². The summed E-state index contributed by atoms with van der Waals surface area (Å²) < 4.78 is 5.43. The molecule has 118 valence electrons. The van der Waals surface area contributed by atoms with E-state index in [1.807, 2.05) is 11.8 Å². The number of carbonyl (C=O) groups is 1. The fraction of sp³-hybridized carbons (Fsp3) is 0.786. The number of methoxy groups -OCH3 is 1. The van der Waals surface area contributed by atoms with Crippen LogP contribution in [0.25, 0.3) is 0 Å². The second kappa shape index (κ2) is 7.00. The molecule has 0 bridgehead atoms. The second-order valence-corrected chi connectivity index (χ2v) is 5.40. The lowest BCUT2D eigenvalue weighted by atomic mass is 10.2. The van der Waals surface area contributed by atoms with Gasteiger partial charge in [0.05, 0.1) is 18.7 Å². The molecule has 1 aliphatic rings. The fourth-order valence-corrected chi connectivity index (χ4v) is 2.73. The topological polar surface area (TPSA) is 74.3 Å². The summed E-state index contributed by atoms with van der Waals surface area (Å²) in [6, 6.07) is -0.0945. The predicted molar refractivity (Wildman–Crippen MR) is 78.8 cm³/mol. The molecule has 2 atom stereocenters. The minimum atomic E-state index is -0.0945. The summed E-state index contributed by atoms with van der Waals surface area (Å²) in [5.41, 5.74) is 0. The molecule has 0 unspecified atom stereocenters. The van der Waals surface area contributed by atoms with Crippen LogP contribution in [0.5, 0.6) is 0 Å². The number of likely N-dealkylation sites (N-methyl/N-ethyl adjacent to an activating group) is 1. The Bertz CT molecular complexity index is 472. The van der Waals surface area contributed by atoms with Gasteiger partial charge in [-0.15, -0.1) is 0 Å². The molecule has 1 fully saturated rings. The molecular weight excluding hydrogens is 270 g/mol. The summed E-state index contributed by atoms with van der Waals surface area (Å²) in [6.07, 6.45) is 0.798. The number of amides is 1. The van der Waals surface area contributed by atoms with E-state index in [4.69, 9.17) is 4.74 Å². The molecule has 0 aromatic carbocycles. The zero-order valence-electron chi connectivity index (χ0n) is 13.3. The van der Waals surface area contributed by atoms with Gasteiger partial charge in [-0.05, 0) is 20.0 Å². The highest BCUT2D eigenvalue weighted by molar-refractivity contribution is 5.79. The van der Waals surface area contributed by atoms with Gasteiger partial charge >= 0.3 is 0 Å². The molecule has 0 spiro atoms. The van der Waals surface area contributed by atoms with Crippen molar-refractivity contribution >= 4 is 5.91 Å². The molecule has 2 heterocycles. The first kappa shape index (κ1) is 15.9. The van der Waals surface area contributed by atoms with Crippen LogP contribution < -0.4 is 0 Å². The van der Waals surface area contributed by atoms with Crippen LogP contribution in [0.1, 0.15) is 38.0 Å². The van der Waals surface area contributed by atoms with Crippen molar-refractivity contribution in [1.82, 2.24) is 25.0 Å². The molecule has 2 rings (SSSR count). The van der Waals surface area contributed by atoms with Crippen LogP contribution >= 0.6 is 0 Å². The van der Waals surface area contributed by atoms with E-state index in [1.165, 1.54) is 0 Å². The number of aromatic amines is 1. The van der Waals surface area contributed by atoms with E-state index >= 15 is 0 Å². The van der Waals surface area contributed by atoms with E-state index in [0.29, 0.717) is 18.9 Å². The first-order valence-electron chi connectivity index (χ1n) is 7.52. The van der Waals surface area contributed by atoms with E-state index in [1.54, 1.807) is 7.11 Å². The van der Waals surface area contributed by atoms with Crippen molar-refractivity contribution in [1.29, 1.82) is 0 Å². The lowest BCUT2D eigenvalue weighted by Gasteiger charge is -2.26. The maximum atomic E-state index is 12.6. The van der Waals surface area contributed by atoms with Gasteiger partial charge in [-0.1, -0.05) is 13.8 Å². The quantitative estimate of drug-likeness (QED) is 0.838. The third-order valence-electron chi connectivity index (χ3n) is 4.08. The first-order valence-corrected chi connectivity index (χ1v) is 7.52. The average Bonchev–Trinajstić information content (AvgIpc) is 3.10. The summed E-state index contributed by atoms with van der Waals surface area (Å²) in [7, 11) is 1.68. The van der Waals surface area contributed by atoms with Crippen molar-refractivity contribution in [2.45, 2.75) is 39.3 Å². The maximum Gasteiger partial charge on any atom is 0.237 e. The van der Waals surface area contributed by atoms with Crippen molar-refractivity contribution in [3.8, 4) is 0 Å². The second-order valence-electron chi connectivity index (χ2n) is 5.40. The predicted octanol–water partition coefficient (Wildman–Crippen LogP) is 0.743. The molecule has 1 amide bonds. The summed E-state index contributed by atoms with van der Waals surface area (Å²) in [6.45, 7) is 8.77. The van der Waals surface area contributed by atoms with Crippen LogP contribution in [0.2, 0.25) is 0 Å². The average molecular weight is 295 g/mol. The zero-order valence-corrected chi connectivity index (χ0v) is 13.3. The third-order valence-corrected chi connectivity index (χ3v) is 4.08. The molecule has 1 aromatic heterocycles. The van der Waals surface area contributed by atoms with Gasteiger partial charge in [0.2, 0.25) is 5.91 Å². The van der Waals surface area contributed by atoms with Crippen molar-refractivity contribution in [3.63, 3.8) is 0 Å². The Kier molecular flexibility index (Phi) is 5.30. The van der Waals surface area contributed by atoms with Crippen molar-refractivity contribution in [2.24, 2.45) is 0 Å². The highest BCUT2D eigenvalue weighted by Crippen LogP contribution is 2.31. The van der Waals surface area contributed by atoms with Crippen LogP contribution in [0.15, 0.2) is 0 Å². The molecule has 0 radical (unpaired) electrons. The van der Waals surface area contributed by atoms with Crippen LogP contribution in [0, 0.1) is 6.92 Å². The zero-order chi connectivity index (χ0) is 15.4. The number of hydrogen-bond acceptors (Lipinski definition) is 5. The van der Waals surface area contributed by atoms with Crippen LogP contribution in [0.3, 0.4) is 0 Å². The number of nitrogens with zero attached hydrogens (tertiary/aromatic N) is 4. The van der Waals surface area contributed by atoms with Gasteiger partial charge in [-0.2, -0.15) is 5.10 Å². The lowest BCUT2D eigenvalue weighted by molar-refractivity contribution is -0.133. The molecular formula is C14H25N5O2. The number of H-pyrrole nitrogens is 1. The van der Waals surface area contributed by atoms with Crippen molar-refractivity contribution in [3.05, 3.63) is 11.6 Å². The third kappa shape index (κ3) is 3.59. The number of nitrogens with one attached hydrogen (secondary N) is 1. The SMILES string of the molecule is CCN(CC)CC(=O)N1C[C@H](OC)C[C@H]1c1n[nH]c(C)n1. The van der Waals surface area contributed by atoms with Gasteiger partial charge in [0, 0.05) is 20.1 Å². The smallest absolute Gasteiger partial charge is 0.237 e. The Labute approximate surface area is 125 Å². The molecule has 1 aliphatic heterocycles. The van der Waals surface area contributed by atoms with Crippen LogP contribution in [-0.2, 0) is 9.53 Å². The summed E-state index contributed by atoms with van der Waals surface area (Å²) in [5.74, 6) is 1.56. The Morgan fingerprint density at radius 1 is 1.48 bits per heavy atom. The number of aryl methyl sites for hydroxylation is 1. The fourth-order valence-electron chi connectivity index (χ4n) is 2.73. The van der Waals surface area contributed by atoms with Gasteiger partial charge < -0.3 is 9.64 Å². The molecule has 21 heavy (non-hydrogen) atoms. The highest BCUT2D eigenvalue weighted by Gasteiger charge is 2.38. The van der Waals surface area contributed by atoms with Gasteiger partial charge in [0.1, 0.15) is 5.82 Å². The standard InChI is InChI=1S/C14H25N5O2/c1-5-18(6-2)9-13(20)19-8-11(21-4)7-12(19)14-15-10(3)16-17-14/h11-12H,5-9H2,1-4H3,(H,15,16,17)/t11-,12+/m1/s1. The monoisotopic (exact) mass is 295 g/mol. The summed E-state index contributed by atoms with van der Waals surface area (Å²) in [5, 5.41) is 7.07. The summed E-state index contributed by atoms with van der Waals surface area (Å²) in [4.78, 5) is 20.9.